The van der Waals surface area contributed by atoms with Gasteiger partial charge in [-0.1, -0.05) is 32.0 Å². The molecule has 0 aliphatic carbocycles. The highest BCUT2D eigenvalue weighted by Gasteiger charge is 2.30. The van der Waals surface area contributed by atoms with Crippen LogP contribution >= 0.6 is 0 Å². The van der Waals surface area contributed by atoms with E-state index in [1.807, 2.05) is 35.2 Å². The molecule has 1 saturated heterocycles. The van der Waals surface area contributed by atoms with Crippen LogP contribution in [0.5, 0.6) is 0 Å². The summed E-state index contributed by atoms with van der Waals surface area (Å²) in [6.07, 6.45) is 1.99. The highest BCUT2D eigenvalue weighted by molar-refractivity contribution is 5.74. The first-order valence-electron chi connectivity index (χ1n) is 7.23. The standard InChI is InChI=1S/C16H23NO3/c1-12(2)15-10-14(8-9-20-15)17(11-16(18)19)13-6-4-3-5-7-13/h3-7,12,14-15H,8-11H2,1-2H3,(H,18,19). The van der Waals surface area contributed by atoms with Gasteiger partial charge in [-0.2, -0.15) is 0 Å². The summed E-state index contributed by atoms with van der Waals surface area (Å²) in [5.74, 6) is -0.332. The van der Waals surface area contributed by atoms with Crippen molar-refractivity contribution in [2.24, 2.45) is 5.92 Å². The zero-order valence-electron chi connectivity index (χ0n) is 12.2. The summed E-state index contributed by atoms with van der Waals surface area (Å²) >= 11 is 0. The number of aliphatic carboxylic acids is 1. The number of hydrogen-bond donors (Lipinski definition) is 1. The lowest BCUT2D eigenvalue weighted by Gasteiger charge is -2.39. The summed E-state index contributed by atoms with van der Waals surface area (Å²) in [6, 6.07) is 10.0. The normalized spacial score (nSPS) is 22.8. The van der Waals surface area contributed by atoms with Crippen molar-refractivity contribution in [2.45, 2.75) is 38.8 Å². The quantitative estimate of drug-likeness (QED) is 0.899. The van der Waals surface area contributed by atoms with Gasteiger partial charge in [0.05, 0.1) is 6.10 Å². The Morgan fingerprint density at radius 3 is 2.70 bits per heavy atom. The number of anilines is 1. The van der Waals surface area contributed by atoms with Crippen LogP contribution in [0.4, 0.5) is 5.69 Å². The minimum absolute atomic E-state index is 0.0412. The Kier molecular flexibility index (Phi) is 5.01. The van der Waals surface area contributed by atoms with Gasteiger partial charge in [-0.05, 0) is 30.9 Å². The van der Waals surface area contributed by atoms with Crippen LogP contribution < -0.4 is 4.90 Å². The van der Waals surface area contributed by atoms with Crippen molar-refractivity contribution in [2.75, 3.05) is 18.1 Å². The molecule has 1 aliphatic rings. The van der Waals surface area contributed by atoms with E-state index in [1.165, 1.54) is 0 Å². The summed E-state index contributed by atoms with van der Waals surface area (Å²) < 4.78 is 5.79. The molecular weight excluding hydrogens is 254 g/mol. The van der Waals surface area contributed by atoms with Gasteiger partial charge in [0.1, 0.15) is 6.54 Å². The number of carboxylic acid groups (broad SMARTS) is 1. The molecule has 1 N–H and O–H groups in total. The van der Waals surface area contributed by atoms with Crippen LogP contribution in [0.25, 0.3) is 0 Å². The Labute approximate surface area is 120 Å². The second-order valence-electron chi connectivity index (χ2n) is 5.69. The van der Waals surface area contributed by atoms with Gasteiger partial charge in [0.2, 0.25) is 0 Å². The zero-order valence-corrected chi connectivity index (χ0v) is 12.2. The van der Waals surface area contributed by atoms with Crippen molar-refractivity contribution in [1.82, 2.24) is 0 Å². The lowest BCUT2D eigenvalue weighted by molar-refractivity contribution is -0.135. The van der Waals surface area contributed by atoms with E-state index in [0.29, 0.717) is 12.5 Å². The van der Waals surface area contributed by atoms with E-state index in [2.05, 4.69) is 13.8 Å². The molecule has 1 aliphatic heterocycles. The smallest absolute Gasteiger partial charge is 0.323 e. The second kappa shape index (κ2) is 6.75. The van der Waals surface area contributed by atoms with E-state index in [-0.39, 0.29) is 18.7 Å². The monoisotopic (exact) mass is 277 g/mol. The number of hydrogen-bond acceptors (Lipinski definition) is 3. The molecule has 110 valence electrons. The maximum atomic E-state index is 11.2. The third kappa shape index (κ3) is 3.73. The molecule has 2 atom stereocenters. The molecule has 1 fully saturated rings. The average molecular weight is 277 g/mol. The molecule has 0 bridgehead atoms. The highest BCUT2D eigenvalue weighted by atomic mass is 16.5. The molecule has 1 aromatic carbocycles. The van der Waals surface area contributed by atoms with Crippen molar-refractivity contribution in [3.63, 3.8) is 0 Å². The first-order chi connectivity index (χ1) is 9.58. The topological polar surface area (TPSA) is 49.8 Å². The number of nitrogens with zero attached hydrogens (tertiary/aromatic N) is 1. The number of para-hydroxylation sites is 1. The average Bonchev–Trinajstić information content (AvgIpc) is 2.45. The maximum Gasteiger partial charge on any atom is 0.323 e. The predicted octanol–water partition coefficient (Wildman–Crippen LogP) is 2.78. The van der Waals surface area contributed by atoms with E-state index in [1.54, 1.807) is 0 Å². The first kappa shape index (κ1) is 14.9. The van der Waals surface area contributed by atoms with Crippen LogP contribution in [0.3, 0.4) is 0 Å². The summed E-state index contributed by atoms with van der Waals surface area (Å²) in [6.45, 7) is 5.05. The van der Waals surface area contributed by atoms with Gasteiger partial charge in [0, 0.05) is 18.3 Å². The molecular formula is C16H23NO3. The van der Waals surface area contributed by atoms with Crippen LogP contribution in [-0.2, 0) is 9.53 Å². The molecule has 4 heteroatoms. The number of carboxylic acids is 1. The molecule has 1 aromatic rings. The van der Waals surface area contributed by atoms with Crippen LogP contribution in [0.1, 0.15) is 26.7 Å². The van der Waals surface area contributed by atoms with Gasteiger partial charge >= 0.3 is 5.97 Å². The van der Waals surface area contributed by atoms with Gasteiger partial charge in [0.15, 0.2) is 0 Å². The molecule has 4 nitrogen and oxygen atoms in total. The van der Waals surface area contributed by atoms with Crippen molar-refractivity contribution in [3.8, 4) is 0 Å². The van der Waals surface area contributed by atoms with E-state index in [0.717, 1.165) is 18.5 Å². The van der Waals surface area contributed by atoms with Gasteiger partial charge < -0.3 is 14.7 Å². The van der Waals surface area contributed by atoms with E-state index < -0.39 is 5.97 Å². The van der Waals surface area contributed by atoms with E-state index in [4.69, 9.17) is 4.74 Å². The minimum atomic E-state index is -0.790. The van der Waals surface area contributed by atoms with Crippen molar-refractivity contribution < 1.29 is 14.6 Å². The lowest BCUT2D eigenvalue weighted by atomic mass is 9.94. The van der Waals surface area contributed by atoms with Crippen molar-refractivity contribution in [1.29, 1.82) is 0 Å². The minimum Gasteiger partial charge on any atom is -0.480 e. The lowest BCUT2D eigenvalue weighted by Crippen LogP contribution is -2.46. The zero-order chi connectivity index (χ0) is 14.5. The number of benzene rings is 1. The first-order valence-corrected chi connectivity index (χ1v) is 7.23. The van der Waals surface area contributed by atoms with Crippen LogP contribution in [-0.4, -0.2) is 36.4 Å². The fourth-order valence-electron chi connectivity index (χ4n) is 2.75. The molecule has 0 aromatic heterocycles. The SMILES string of the molecule is CC(C)C1CC(N(CC(=O)O)c2ccccc2)CCO1. The Morgan fingerprint density at radius 2 is 2.10 bits per heavy atom. The summed E-state index contributed by atoms with van der Waals surface area (Å²) in [5.41, 5.74) is 0.976. The van der Waals surface area contributed by atoms with Crippen LogP contribution in [0.2, 0.25) is 0 Å². The molecule has 2 rings (SSSR count). The van der Waals surface area contributed by atoms with Crippen molar-refractivity contribution >= 4 is 11.7 Å². The Morgan fingerprint density at radius 1 is 1.40 bits per heavy atom. The largest absolute Gasteiger partial charge is 0.480 e. The number of rotatable bonds is 5. The number of carbonyl (C=O) groups is 1. The highest BCUT2D eigenvalue weighted by Crippen LogP contribution is 2.27. The van der Waals surface area contributed by atoms with E-state index in [9.17, 15) is 9.90 Å². The molecule has 20 heavy (non-hydrogen) atoms. The Balaban J connectivity index is 2.16. The third-order valence-electron chi connectivity index (χ3n) is 3.87. The molecule has 0 spiro atoms. The Bertz CT molecular complexity index is 433. The van der Waals surface area contributed by atoms with Gasteiger partial charge in [0.25, 0.3) is 0 Å². The molecule has 0 radical (unpaired) electrons. The molecule has 1 heterocycles. The fraction of sp³-hybridized carbons (Fsp3) is 0.562. The van der Waals surface area contributed by atoms with E-state index >= 15 is 0 Å². The van der Waals surface area contributed by atoms with Crippen LogP contribution in [0.15, 0.2) is 30.3 Å². The van der Waals surface area contributed by atoms with Crippen molar-refractivity contribution in [3.05, 3.63) is 30.3 Å². The van der Waals surface area contributed by atoms with Gasteiger partial charge in [-0.15, -0.1) is 0 Å². The molecule has 2 unspecified atom stereocenters. The van der Waals surface area contributed by atoms with Gasteiger partial charge in [-0.25, -0.2) is 0 Å². The molecule has 0 saturated carbocycles. The second-order valence-corrected chi connectivity index (χ2v) is 5.69. The molecule has 0 amide bonds. The maximum absolute atomic E-state index is 11.2. The summed E-state index contributed by atoms with van der Waals surface area (Å²) in [4.78, 5) is 13.2. The third-order valence-corrected chi connectivity index (χ3v) is 3.87. The predicted molar refractivity (Wildman–Crippen MR) is 79.0 cm³/mol. The number of ether oxygens (including phenoxy) is 1. The summed E-state index contributed by atoms with van der Waals surface area (Å²) in [7, 11) is 0. The Hall–Kier alpha value is -1.55. The van der Waals surface area contributed by atoms with Crippen LogP contribution in [0, 0.1) is 5.92 Å². The van der Waals surface area contributed by atoms with Gasteiger partial charge in [-0.3, -0.25) is 4.79 Å². The summed E-state index contributed by atoms with van der Waals surface area (Å²) in [5, 5.41) is 9.18. The fourth-order valence-corrected chi connectivity index (χ4v) is 2.75.